The maximum Gasteiger partial charge on any atom is 0.0956 e. The van der Waals surface area contributed by atoms with Crippen LogP contribution >= 0.6 is 11.6 Å². The van der Waals surface area contributed by atoms with Crippen LogP contribution < -0.4 is 5.73 Å². The SMILES string of the molecule is CC(C)(C)C=C(N)Cl. The molecule has 48 valence electrons. The number of halogens is 1. The van der Waals surface area contributed by atoms with Gasteiger partial charge in [-0.25, -0.2) is 0 Å². The summed E-state index contributed by atoms with van der Waals surface area (Å²) in [4.78, 5) is 0. The molecule has 0 aromatic rings. The molecule has 2 heteroatoms. The highest BCUT2D eigenvalue weighted by molar-refractivity contribution is 6.28. The van der Waals surface area contributed by atoms with Gasteiger partial charge in [0.1, 0.15) is 0 Å². The van der Waals surface area contributed by atoms with E-state index in [4.69, 9.17) is 17.3 Å². The lowest BCUT2D eigenvalue weighted by atomic mass is 9.97. The molecule has 0 atom stereocenters. The lowest BCUT2D eigenvalue weighted by molar-refractivity contribution is 0.542. The first-order chi connectivity index (χ1) is 3.42. The van der Waals surface area contributed by atoms with Crippen molar-refractivity contribution in [3.8, 4) is 0 Å². The molecule has 0 spiro atoms. The summed E-state index contributed by atoms with van der Waals surface area (Å²) in [6.45, 7) is 6.13. The minimum Gasteiger partial charge on any atom is -0.390 e. The van der Waals surface area contributed by atoms with Crippen LogP contribution in [-0.2, 0) is 0 Å². The number of rotatable bonds is 0. The number of hydrogen-bond donors (Lipinski definition) is 1. The second-order valence-corrected chi connectivity index (χ2v) is 3.33. The first-order valence-corrected chi connectivity index (χ1v) is 2.93. The highest BCUT2D eigenvalue weighted by Crippen LogP contribution is 2.16. The molecule has 0 saturated carbocycles. The molecule has 0 saturated heterocycles. The van der Waals surface area contributed by atoms with Crippen molar-refractivity contribution in [3.05, 3.63) is 11.2 Å². The van der Waals surface area contributed by atoms with Crippen molar-refractivity contribution in [2.24, 2.45) is 11.1 Å². The fraction of sp³-hybridized carbons (Fsp3) is 0.667. The van der Waals surface area contributed by atoms with Crippen molar-refractivity contribution in [2.45, 2.75) is 20.8 Å². The molecule has 0 aliphatic rings. The number of hydrogen-bond acceptors (Lipinski definition) is 1. The van der Waals surface area contributed by atoms with E-state index < -0.39 is 0 Å². The molecule has 0 fully saturated rings. The fourth-order valence-corrected chi connectivity index (χ4v) is 0.741. The summed E-state index contributed by atoms with van der Waals surface area (Å²) < 4.78 is 0. The Morgan fingerprint density at radius 2 is 1.88 bits per heavy atom. The molecule has 0 aliphatic heterocycles. The molecule has 2 N–H and O–H groups in total. The first-order valence-electron chi connectivity index (χ1n) is 2.56. The van der Waals surface area contributed by atoms with Gasteiger partial charge in [0.2, 0.25) is 0 Å². The molecule has 0 unspecified atom stereocenters. The minimum absolute atomic E-state index is 0.103. The molecule has 0 bridgehead atoms. The summed E-state index contributed by atoms with van der Waals surface area (Å²) >= 11 is 5.40. The van der Waals surface area contributed by atoms with Gasteiger partial charge in [-0.15, -0.1) is 0 Å². The topological polar surface area (TPSA) is 26.0 Å². The second kappa shape index (κ2) is 2.40. The van der Waals surface area contributed by atoms with Gasteiger partial charge in [-0.05, 0) is 11.5 Å². The Morgan fingerprint density at radius 3 is 1.88 bits per heavy atom. The molecule has 0 radical (unpaired) electrons. The van der Waals surface area contributed by atoms with Gasteiger partial charge in [-0.3, -0.25) is 0 Å². The van der Waals surface area contributed by atoms with Crippen molar-refractivity contribution in [3.63, 3.8) is 0 Å². The highest BCUT2D eigenvalue weighted by Gasteiger charge is 2.04. The van der Waals surface area contributed by atoms with Gasteiger partial charge in [-0.2, -0.15) is 0 Å². The van der Waals surface area contributed by atoms with Gasteiger partial charge in [0, 0.05) is 0 Å². The van der Waals surface area contributed by atoms with E-state index in [2.05, 4.69) is 0 Å². The lowest BCUT2D eigenvalue weighted by Gasteiger charge is -2.10. The van der Waals surface area contributed by atoms with Crippen LogP contribution in [0, 0.1) is 5.41 Å². The number of allylic oxidation sites excluding steroid dienone is 1. The van der Waals surface area contributed by atoms with E-state index in [0.717, 1.165) is 0 Å². The van der Waals surface area contributed by atoms with Crippen molar-refractivity contribution in [2.75, 3.05) is 0 Å². The standard InChI is InChI=1S/C6H12ClN/c1-6(2,3)4-5(7)8/h4H,8H2,1-3H3. The van der Waals surface area contributed by atoms with E-state index in [1.54, 1.807) is 0 Å². The van der Waals surface area contributed by atoms with Crippen LogP contribution in [0.5, 0.6) is 0 Å². The molecule has 0 aromatic carbocycles. The van der Waals surface area contributed by atoms with E-state index in [1.807, 2.05) is 26.8 Å². The Morgan fingerprint density at radius 1 is 1.50 bits per heavy atom. The Labute approximate surface area is 55.5 Å². The molecule has 0 rings (SSSR count). The monoisotopic (exact) mass is 133 g/mol. The highest BCUT2D eigenvalue weighted by atomic mass is 35.5. The largest absolute Gasteiger partial charge is 0.390 e. The predicted molar refractivity (Wildman–Crippen MR) is 37.6 cm³/mol. The maximum atomic E-state index is 5.40. The smallest absolute Gasteiger partial charge is 0.0956 e. The van der Waals surface area contributed by atoms with Crippen LogP contribution in [0.25, 0.3) is 0 Å². The van der Waals surface area contributed by atoms with Gasteiger partial charge in [0.25, 0.3) is 0 Å². The van der Waals surface area contributed by atoms with Crippen molar-refractivity contribution in [1.82, 2.24) is 0 Å². The molecule has 1 nitrogen and oxygen atoms in total. The summed E-state index contributed by atoms with van der Waals surface area (Å²) in [6, 6.07) is 0. The van der Waals surface area contributed by atoms with E-state index >= 15 is 0 Å². The van der Waals surface area contributed by atoms with Crippen molar-refractivity contribution < 1.29 is 0 Å². The fourth-order valence-electron chi connectivity index (χ4n) is 0.414. The third-order valence-electron chi connectivity index (χ3n) is 0.571. The summed E-state index contributed by atoms with van der Waals surface area (Å²) in [7, 11) is 0. The average molecular weight is 134 g/mol. The number of nitrogens with two attached hydrogens (primary N) is 1. The minimum atomic E-state index is 0.103. The van der Waals surface area contributed by atoms with Gasteiger partial charge in [0.05, 0.1) is 5.16 Å². The first kappa shape index (κ1) is 7.83. The molecule has 0 heterocycles. The normalized spacial score (nSPS) is 14.2. The molecule has 0 amide bonds. The molecular weight excluding hydrogens is 122 g/mol. The Kier molecular flexibility index (Phi) is 2.35. The van der Waals surface area contributed by atoms with Crippen molar-refractivity contribution in [1.29, 1.82) is 0 Å². The molecule has 8 heavy (non-hydrogen) atoms. The molecule has 0 aliphatic carbocycles. The van der Waals surface area contributed by atoms with Crippen LogP contribution in [0.3, 0.4) is 0 Å². The third kappa shape index (κ3) is 5.83. The zero-order valence-electron chi connectivity index (χ0n) is 5.53. The summed E-state index contributed by atoms with van der Waals surface area (Å²) in [5, 5.41) is 0.373. The zero-order chi connectivity index (χ0) is 6.78. The maximum absolute atomic E-state index is 5.40. The second-order valence-electron chi connectivity index (χ2n) is 2.90. The third-order valence-corrected chi connectivity index (χ3v) is 0.680. The van der Waals surface area contributed by atoms with E-state index in [9.17, 15) is 0 Å². The van der Waals surface area contributed by atoms with Crippen LogP contribution in [0.2, 0.25) is 0 Å². The van der Waals surface area contributed by atoms with E-state index in [1.165, 1.54) is 0 Å². The average Bonchev–Trinajstić information content (AvgIpc) is 1.21. The predicted octanol–water partition coefficient (Wildman–Crippen LogP) is 2.07. The Bertz CT molecular complexity index is 95.6. The molecule has 0 aromatic heterocycles. The Balaban J connectivity index is 3.89. The van der Waals surface area contributed by atoms with Gasteiger partial charge >= 0.3 is 0 Å². The van der Waals surface area contributed by atoms with Gasteiger partial charge in [-0.1, -0.05) is 32.4 Å². The van der Waals surface area contributed by atoms with Crippen LogP contribution in [0.15, 0.2) is 11.2 Å². The summed E-state index contributed by atoms with van der Waals surface area (Å²) in [5.41, 5.74) is 5.31. The van der Waals surface area contributed by atoms with Crippen molar-refractivity contribution >= 4 is 11.6 Å². The van der Waals surface area contributed by atoms with E-state index in [-0.39, 0.29) is 5.41 Å². The van der Waals surface area contributed by atoms with Gasteiger partial charge < -0.3 is 5.73 Å². The molecular formula is C6H12ClN. The zero-order valence-corrected chi connectivity index (χ0v) is 6.29. The summed E-state index contributed by atoms with van der Waals surface area (Å²) in [6.07, 6.45) is 1.81. The summed E-state index contributed by atoms with van der Waals surface area (Å²) in [5.74, 6) is 0. The van der Waals surface area contributed by atoms with Gasteiger partial charge in [0.15, 0.2) is 0 Å². The van der Waals surface area contributed by atoms with Crippen LogP contribution in [0.1, 0.15) is 20.8 Å². The van der Waals surface area contributed by atoms with Crippen LogP contribution in [-0.4, -0.2) is 0 Å². The van der Waals surface area contributed by atoms with E-state index in [0.29, 0.717) is 5.16 Å². The lowest BCUT2D eigenvalue weighted by Crippen LogP contribution is -2.02. The Hall–Kier alpha value is -0.170. The quantitative estimate of drug-likeness (QED) is 0.503. The van der Waals surface area contributed by atoms with Crippen LogP contribution in [0.4, 0.5) is 0 Å².